The predicted octanol–water partition coefficient (Wildman–Crippen LogP) is 4.83. The lowest BCUT2D eigenvalue weighted by molar-refractivity contribution is -0.116. The minimum atomic E-state index is -0.262. The van der Waals surface area contributed by atoms with E-state index in [-0.39, 0.29) is 11.8 Å². The Balaban J connectivity index is 1.63. The fourth-order valence-electron chi connectivity index (χ4n) is 2.97. The Bertz CT molecular complexity index is 997. The van der Waals surface area contributed by atoms with Gasteiger partial charge in [0.15, 0.2) is 0 Å². The summed E-state index contributed by atoms with van der Waals surface area (Å²) < 4.78 is 5.14. The summed E-state index contributed by atoms with van der Waals surface area (Å²) in [4.78, 5) is 25.1. The molecule has 0 aromatic heterocycles. The lowest BCUT2D eigenvalue weighted by atomic mass is 10.1. The summed E-state index contributed by atoms with van der Waals surface area (Å²) in [6.45, 7) is 1.96. The molecule has 0 unspecified atom stereocenters. The fraction of sp³-hybridized carbons (Fsp3) is 0.167. The Morgan fingerprint density at radius 2 is 1.66 bits per heavy atom. The van der Waals surface area contributed by atoms with Crippen LogP contribution in [0.25, 0.3) is 0 Å². The maximum absolute atomic E-state index is 12.7. The minimum Gasteiger partial charge on any atom is -0.497 e. The van der Waals surface area contributed by atoms with Crippen LogP contribution >= 0.6 is 0 Å². The molecule has 0 radical (unpaired) electrons. The van der Waals surface area contributed by atoms with E-state index >= 15 is 0 Å². The highest BCUT2D eigenvalue weighted by Crippen LogP contribution is 2.19. The maximum atomic E-state index is 12.7. The number of hydrogen-bond acceptors (Lipinski definition) is 3. The second-order valence-electron chi connectivity index (χ2n) is 6.77. The highest BCUT2D eigenvalue weighted by Gasteiger charge is 2.13. The molecule has 2 N–H and O–H groups in total. The monoisotopic (exact) mass is 388 g/mol. The molecule has 0 saturated heterocycles. The molecule has 5 heteroatoms. The number of hydrogen-bond donors (Lipinski definition) is 2. The van der Waals surface area contributed by atoms with Gasteiger partial charge in [0.1, 0.15) is 5.75 Å². The van der Waals surface area contributed by atoms with E-state index in [1.807, 2.05) is 55.5 Å². The Morgan fingerprint density at radius 1 is 0.897 bits per heavy atom. The number of carbonyl (C=O) groups excluding carboxylic acids is 2. The van der Waals surface area contributed by atoms with Crippen LogP contribution < -0.4 is 15.4 Å². The van der Waals surface area contributed by atoms with Gasteiger partial charge >= 0.3 is 0 Å². The predicted molar refractivity (Wildman–Crippen MR) is 116 cm³/mol. The van der Waals surface area contributed by atoms with Crippen molar-refractivity contribution in [1.29, 1.82) is 0 Å². The van der Waals surface area contributed by atoms with Crippen LogP contribution in [0.5, 0.6) is 5.75 Å². The van der Waals surface area contributed by atoms with Crippen LogP contribution in [0.2, 0.25) is 0 Å². The van der Waals surface area contributed by atoms with Gasteiger partial charge in [-0.1, -0.05) is 36.4 Å². The van der Waals surface area contributed by atoms with Gasteiger partial charge in [-0.2, -0.15) is 0 Å². The van der Waals surface area contributed by atoms with E-state index in [2.05, 4.69) is 10.6 Å². The second-order valence-corrected chi connectivity index (χ2v) is 6.77. The standard InChI is InChI=1S/C24H24N2O3/c1-17-6-5-7-19(16-17)25-24(28)21-8-3-4-9-22(21)26-23(27)15-12-18-10-13-20(29-2)14-11-18/h3-11,13-14,16H,12,15H2,1-2H3,(H,25,28)(H,26,27). The van der Waals surface area contributed by atoms with Gasteiger partial charge in [0, 0.05) is 12.1 Å². The normalized spacial score (nSPS) is 10.3. The Morgan fingerprint density at radius 3 is 2.38 bits per heavy atom. The molecular formula is C24H24N2O3. The van der Waals surface area contributed by atoms with Crippen molar-refractivity contribution < 1.29 is 14.3 Å². The zero-order valence-corrected chi connectivity index (χ0v) is 16.6. The van der Waals surface area contributed by atoms with Crippen molar-refractivity contribution in [3.63, 3.8) is 0 Å². The van der Waals surface area contributed by atoms with E-state index in [1.54, 1.807) is 31.4 Å². The van der Waals surface area contributed by atoms with Crippen molar-refractivity contribution >= 4 is 23.2 Å². The van der Waals surface area contributed by atoms with Crippen LogP contribution in [-0.4, -0.2) is 18.9 Å². The number of nitrogens with one attached hydrogen (secondary N) is 2. The summed E-state index contributed by atoms with van der Waals surface area (Å²) in [5.74, 6) is 0.380. The third-order valence-corrected chi connectivity index (χ3v) is 4.52. The molecule has 3 aromatic carbocycles. The quantitative estimate of drug-likeness (QED) is 0.609. The average molecular weight is 388 g/mol. The molecule has 2 amide bonds. The first-order valence-electron chi connectivity index (χ1n) is 9.45. The first-order chi connectivity index (χ1) is 14.0. The van der Waals surface area contributed by atoms with Gasteiger partial charge < -0.3 is 15.4 Å². The van der Waals surface area contributed by atoms with Gasteiger partial charge in [0.2, 0.25) is 5.91 Å². The zero-order chi connectivity index (χ0) is 20.6. The molecule has 29 heavy (non-hydrogen) atoms. The first kappa shape index (κ1) is 20.1. The number of para-hydroxylation sites is 1. The van der Waals surface area contributed by atoms with Crippen molar-refractivity contribution in [2.24, 2.45) is 0 Å². The van der Waals surface area contributed by atoms with Gasteiger partial charge in [0.25, 0.3) is 5.91 Å². The largest absolute Gasteiger partial charge is 0.497 e. The SMILES string of the molecule is COc1ccc(CCC(=O)Nc2ccccc2C(=O)Nc2cccc(C)c2)cc1. The summed E-state index contributed by atoms with van der Waals surface area (Å²) in [5.41, 5.74) is 3.74. The number of anilines is 2. The summed E-state index contributed by atoms with van der Waals surface area (Å²) in [5, 5.41) is 5.74. The molecule has 0 heterocycles. The average Bonchev–Trinajstić information content (AvgIpc) is 2.73. The third kappa shape index (κ3) is 5.69. The minimum absolute atomic E-state index is 0.142. The fourth-order valence-corrected chi connectivity index (χ4v) is 2.97. The van der Waals surface area contributed by atoms with Crippen LogP contribution in [0.3, 0.4) is 0 Å². The van der Waals surface area contributed by atoms with Gasteiger partial charge in [0.05, 0.1) is 18.4 Å². The van der Waals surface area contributed by atoms with Gasteiger partial charge in [-0.15, -0.1) is 0 Å². The summed E-state index contributed by atoms with van der Waals surface area (Å²) >= 11 is 0. The number of amides is 2. The number of rotatable bonds is 7. The van der Waals surface area contributed by atoms with Crippen molar-refractivity contribution in [3.8, 4) is 5.75 Å². The van der Waals surface area contributed by atoms with Gasteiger partial charge in [-0.25, -0.2) is 0 Å². The van der Waals surface area contributed by atoms with Crippen LogP contribution in [0.4, 0.5) is 11.4 Å². The molecule has 3 aromatic rings. The van der Waals surface area contributed by atoms with E-state index < -0.39 is 0 Å². The third-order valence-electron chi connectivity index (χ3n) is 4.52. The second kappa shape index (κ2) is 9.55. The molecule has 0 fully saturated rings. The van der Waals surface area contributed by atoms with E-state index in [4.69, 9.17) is 4.74 Å². The Labute approximate surface area is 170 Å². The smallest absolute Gasteiger partial charge is 0.257 e. The van der Waals surface area contributed by atoms with E-state index in [0.717, 1.165) is 22.6 Å². The topological polar surface area (TPSA) is 67.4 Å². The molecule has 0 spiro atoms. The lowest BCUT2D eigenvalue weighted by Gasteiger charge is -2.12. The van der Waals surface area contributed by atoms with Crippen LogP contribution in [-0.2, 0) is 11.2 Å². The van der Waals surface area contributed by atoms with Gasteiger partial charge in [-0.3, -0.25) is 9.59 Å². The maximum Gasteiger partial charge on any atom is 0.257 e. The molecule has 0 aliphatic rings. The van der Waals surface area contributed by atoms with E-state index in [0.29, 0.717) is 24.1 Å². The van der Waals surface area contributed by atoms with Crippen molar-refractivity contribution in [1.82, 2.24) is 0 Å². The summed E-state index contributed by atoms with van der Waals surface area (Å²) in [7, 11) is 1.62. The number of benzene rings is 3. The van der Waals surface area contributed by atoms with Crippen LogP contribution in [0, 0.1) is 6.92 Å². The Hall–Kier alpha value is -3.60. The van der Waals surface area contributed by atoms with E-state index in [1.165, 1.54) is 0 Å². The van der Waals surface area contributed by atoms with Crippen molar-refractivity contribution in [2.45, 2.75) is 19.8 Å². The van der Waals surface area contributed by atoms with Crippen LogP contribution in [0.15, 0.2) is 72.8 Å². The zero-order valence-electron chi connectivity index (χ0n) is 16.6. The number of ether oxygens (including phenoxy) is 1. The summed E-state index contributed by atoms with van der Waals surface area (Å²) in [6.07, 6.45) is 0.924. The summed E-state index contributed by atoms with van der Waals surface area (Å²) in [6, 6.07) is 22.2. The number of carbonyl (C=O) groups is 2. The molecule has 148 valence electrons. The van der Waals surface area contributed by atoms with Crippen molar-refractivity contribution in [2.75, 3.05) is 17.7 Å². The first-order valence-corrected chi connectivity index (χ1v) is 9.45. The molecule has 0 aliphatic carbocycles. The molecule has 3 rings (SSSR count). The molecule has 0 bridgehead atoms. The van der Waals surface area contributed by atoms with Crippen LogP contribution in [0.1, 0.15) is 27.9 Å². The Kier molecular flexibility index (Phi) is 6.63. The molecular weight excluding hydrogens is 364 g/mol. The van der Waals surface area contributed by atoms with Gasteiger partial charge in [-0.05, 0) is 60.9 Å². The highest BCUT2D eigenvalue weighted by atomic mass is 16.5. The molecule has 0 atom stereocenters. The number of aryl methyl sites for hydroxylation is 2. The lowest BCUT2D eigenvalue weighted by Crippen LogP contribution is -2.18. The van der Waals surface area contributed by atoms with Crippen molar-refractivity contribution in [3.05, 3.63) is 89.5 Å². The number of methoxy groups -OCH3 is 1. The van der Waals surface area contributed by atoms with E-state index in [9.17, 15) is 9.59 Å². The highest BCUT2D eigenvalue weighted by molar-refractivity contribution is 6.10. The molecule has 5 nitrogen and oxygen atoms in total. The molecule has 0 aliphatic heterocycles. The molecule has 0 saturated carbocycles.